The van der Waals surface area contributed by atoms with Gasteiger partial charge < -0.3 is 15.2 Å². The molecule has 0 aliphatic rings. The molecule has 0 fully saturated rings. The SMILES string of the molecule is CCc1nc2sc(C(=O)Nc3ccccc3OC)c(C)c2c(=O)n1C(C)(C)C(=O)O. The van der Waals surface area contributed by atoms with Crippen molar-refractivity contribution >= 4 is 39.1 Å². The lowest BCUT2D eigenvalue weighted by molar-refractivity contribution is -0.146. The highest BCUT2D eigenvalue weighted by Gasteiger charge is 2.34. The van der Waals surface area contributed by atoms with E-state index in [4.69, 9.17) is 4.74 Å². The number of ether oxygens (including phenoxy) is 1. The predicted molar refractivity (Wildman–Crippen MR) is 116 cm³/mol. The van der Waals surface area contributed by atoms with Crippen molar-refractivity contribution in [1.82, 2.24) is 9.55 Å². The Labute approximate surface area is 177 Å². The van der Waals surface area contributed by atoms with Crippen LogP contribution in [-0.4, -0.2) is 33.6 Å². The van der Waals surface area contributed by atoms with Crippen molar-refractivity contribution in [3.8, 4) is 5.75 Å². The number of aromatic nitrogens is 2. The lowest BCUT2D eigenvalue weighted by Gasteiger charge is -2.25. The monoisotopic (exact) mass is 429 g/mol. The molecule has 0 unspecified atom stereocenters. The normalized spacial score (nSPS) is 11.5. The van der Waals surface area contributed by atoms with E-state index < -0.39 is 17.1 Å². The number of hydrogen-bond acceptors (Lipinski definition) is 6. The number of nitrogens with zero attached hydrogens (tertiary/aromatic N) is 2. The van der Waals surface area contributed by atoms with Gasteiger partial charge in [0, 0.05) is 6.42 Å². The summed E-state index contributed by atoms with van der Waals surface area (Å²) in [6, 6.07) is 7.02. The van der Waals surface area contributed by atoms with Gasteiger partial charge in [-0.05, 0) is 38.5 Å². The van der Waals surface area contributed by atoms with Gasteiger partial charge >= 0.3 is 5.97 Å². The second-order valence-electron chi connectivity index (χ2n) is 7.28. The molecule has 3 rings (SSSR count). The van der Waals surface area contributed by atoms with Crippen LogP contribution in [0.2, 0.25) is 0 Å². The standard InChI is InChI=1S/C21H23N3O5S/c1-6-14-23-18-15(19(26)24(14)21(3,4)20(27)28)11(2)16(30-18)17(25)22-12-9-7-8-10-13(12)29-5/h7-10H,6H2,1-5H3,(H,22,25)(H,27,28). The molecule has 0 spiro atoms. The second kappa shape index (κ2) is 7.91. The summed E-state index contributed by atoms with van der Waals surface area (Å²) in [5.41, 5.74) is -0.960. The molecule has 9 heteroatoms. The molecule has 0 saturated heterocycles. The summed E-state index contributed by atoms with van der Waals surface area (Å²) < 4.78 is 6.47. The molecule has 0 atom stereocenters. The molecule has 0 aliphatic carbocycles. The van der Waals surface area contributed by atoms with E-state index in [1.54, 1.807) is 38.1 Å². The van der Waals surface area contributed by atoms with E-state index in [-0.39, 0.29) is 11.3 Å². The average Bonchev–Trinajstić information content (AvgIpc) is 3.04. The first-order chi connectivity index (χ1) is 14.1. The third-order valence-electron chi connectivity index (χ3n) is 4.99. The summed E-state index contributed by atoms with van der Waals surface area (Å²) in [5.74, 6) is -0.650. The third kappa shape index (κ3) is 3.45. The molecule has 0 aliphatic heterocycles. The number of thiophene rings is 1. The summed E-state index contributed by atoms with van der Waals surface area (Å²) in [4.78, 5) is 43.3. The number of rotatable bonds is 6. The molecule has 158 valence electrons. The molecular formula is C21H23N3O5S. The quantitative estimate of drug-likeness (QED) is 0.621. The maximum Gasteiger partial charge on any atom is 0.329 e. The number of carbonyl (C=O) groups excluding carboxylic acids is 1. The number of methoxy groups -OCH3 is 1. The summed E-state index contributed by atoms with van der Waals surface area (Å²) >= 11 is 1.11. The Bertz CT molecular complexity index is 1210. The molecule has 8 nitrogen and oxygen atoms in total. The molecule has 2 aromatic heterocycles. The molecule has 0 saturated carbocycles. The van der Waals surface area contributed by atoms with Crippen LogP contribution in [0.3, 0.4) is 0 Å². The molecular weight excluding hydrogens is 406 g/mol. The minimum Gasteiger partial charge on any atom is -0.495 e. The Hall–Kier alpha value is -3.20. The van der Waals surface area contributed by atoms with E-state index in [1.165, 1.54) is 25.5 Å². The van der Waals surface area contributed by atoms with Crippen molar-refractivity contribution < 1.29 is 19.4 Å². The second-order valence-corrected chi connectivity index (χ2v) is 8.28. The highest BCUT2D eigenvalue weighted by molar-refractivity contribution is 7.20. The lowest BCUT2D eigenvalue weighted by atomic mass is 10.0. The van der Waals surface area contributed by atoms with Gasteiger partial charge in [0.15, 0.2) is 0 Å². The zero-order chi connectivity index (χ0) is 22.2. The fraction of sp³-hybridized carbons (Fsp3) is 0.333. The number of nitrogens with one attached hydrogen (secondary N) is 1. The van der Waals surface area contributed by atoms with Crippen molar-refractivity contribution in [3.63, 3.8) is 0 Å². The van der Waals surface area contributed by atoms with E-state index in [9.17, 15) is 19.5 Å². The van der Waals surface area contributed by atoms with Crippen LogP contribution in [0.5, 0.6) is 5.75 Å². The summed E-state index contributed by atoms with van der Waals surface area (Å²) in [6.45, 7) is 6.39. The van der Waals surface area contributed by atoms with Crippen molar-refractivity contribution in [2.24, 2.45) is 0 Å². The van der Waals surface area contributed by atoms with Crippen molar-refractivity contribution in [1.29, 1.82) is 0 Å². The Kier molecular flexibility index (Phi) is 5.67. The van der Waals surface area contributed by atoms with Crippen molar-refractivity contribution in [2.45, 2.75) is 39.7 Å². The largest absolute Gasteiger partial charge is 0.495 e. The number of fused-ring (bicyclic) bond motifs is 1. The van der Waals surface area contributed by atoms with Crippen LogP contribution in [0.4, 0.5) is 5.69 Å². The summed E-state index contributed by atoms with van der Waals surface area (Å²) in [5, 5.41) is 12.7. The molecule has 2 heterocycles. The fourth-order valence-electron chi connectivity index (χ4n) is 3.28. The van der Waals surface area contributed by atoms with Gasteiger partial charge in [-0.15, -0.1) is 11.3 Å². The van der Waals surface area contributed by atoms with E-state index >= 15 is 0 Å². The molecule has 0 radical (unpaired) electrons. The van der Waals surface area contributed by atoms with Crippen LogP contribution in [0, 0.1) is 6.92 Å². The average molecular weight is 429 g/mol. The number of aliphatic carboxylic acids is 1. The Morgan fingerprint density at radius 1 is 1.30 bits per heavy atom. The number of benzene rings is 1. The molecule has 2 N–H and O–H groups in total. The first-order valence-electron chi connectivity index (χ1n) is 9.36. The van der Waals surface area contributed by atoms with Crippen LogP contribution in [0.1, 0.15) is 41.8 Å². The van der Waals surface area contributed by atoms with Crippen molar-refractivity contribution in [3.05, 3.63) is 50.9 Å². The smallest absolute Gasteiger partial charge is 0.329 e. The minimum absolute atomic E-state index is 0.261. The van der Waals surface area contributed by atoms with Crippen LogP contribution in [0.15, 0.2) is 29.1 Å². The maximum atomic E-state index is 13.3. The first-order valence-corrected chi connectivity index (χ1v) is 10.2. The zero-order valence-corrected chi connectivity index (χ0v) is 18.2. The highest BCUT2D eigenvalue weighted by Crippen LogP contribution is 2.31. The third-order valence-corrected chi connectivity index (χ3v) is 6.18. The number of aryl methyl sites for hydroxylation is 2. The number of hydrogen-bond donors (Lipinski definition) is 2. The number of carbonyl (C=O) groups is 2. The van der Waals surface area contributed by atoms with E-state index in [0.29, 0.717) is 39.0 Å². The molecule has 0 bridgehead atoms. The molecule has 30 heavy (non-hydrogen) atoms. The van der Waals surface area contributed by atoms with E-state index in [2.05, 4.69) is 10.3 Å². The van der Waals surface area contributed by atoms with Crippen LogP contribution in [-0.2, 0) is 16.8 Å². The van der Waals surface area contributed by atoms with Gasteiger partial charge in [-0.1, -0.05) is 19.1 Å². The van der Waals surface area contributed by atoms with Gasteiger partial charge in [-0.3, -0.25) is 14.2 Å². The predicted octanol–water partition coefficient (Wildman–Crippen LogP) is 3.41. The van der Waals surface area contributed by atoms with Gasteiger partial charge in [-0.2, -0.15) is 0 Å². The molecule has 1 aromatic carbocycles. The van der Waals surface area contributed by atoms with Gasteiger partial charge in [0.1, 0.15) is 21.9 Å². The van der Waals surface area contributed by atoms with Gasteiger partial charge in [0.2, 0.25) is 0 Å². The number of amides is 1. The summed E-state index contributed by atoms with van der Waals surface area (Å²) in [6.07, 6.45) is 0.377. The van der Waals surface area contributed by atoms with Crippen molar-refractivity contribution in [2.75, 3.05) is 12.4 Å². The Balaban J connectivity index is 2.17. The van der Waals surface area contributed by atoms with E-state index in [0.717, 1.165) is 11.3 Å². The maximum absolute atomic E-state index is 13.3. The van der Waals surface area contributed by atoms with Gasteiger partial charge in [0.05, 0.1) is 23.1 Å². The topological polar surface area (TPSA) is 111 Å². The van der Waals surface area contributed by atoms with Gasteiger partial charge in [-0.25, -0.2) is 9.78 Å². The number of anilines is 1. The van der Waals surface area contributed by atoms with Gasteiger partial charge in [0.25, 0.3) is 11.5 Å². The first kappa shape index (κ1) is 21.5. The number of carboxylic acids is 1. The molecule has 1 amide bonds. The number of para-hydroxylation sites is 2. The van der Waals surface area contributed by atoms with Crippen LogP contribution >= 0.6 is 11.3 Å². The van der Waals surface area contributed by atoms with Crippen LogP contribution in [0.25, 0.3) is 10.2 Å². The highest BCUT2D eigenvalue weighted by atomic mass is 32.1. The Morgan fingerprint density at radius 2 is 1.97 bits per heavy atom. The fourth-order valence-corrected chi connectivity index (χ4v) is 4.36. The zero-order valence-electron chi connectivity index (χ0n) is 17.4. The minimum atomic E-state index is -1.47. The lowest BCUT2D eigenvalue weighted by Crippen LogP contribution is -2.44. The molecule has 3 aromatic rings. The van der Waals surface area contributed by atoms with Crippen LogP contribution < -0.4 is 15.6 Å². The summed E-state index contributed by atoms with van der Waals surface area (Å²) in [7, 11) is 1.51. The van der Waals surface area contributed by atoms with E-state index in [1.807, 2.05) is 0 Å². The Morgan fingerprint density at radius 3 is 2.57 bits per heavy atom. The number of carboxylic acid groups (broad SMARTS) is 1.